The number of rotatable bonds is 5. The largest absolute Gasteiger partial charge is 0.489 e. The number of carbonyl (C=O) groups excluding carboxylic acids is 1. The highest BCUT2D eigenvalue weighted by molar-refractivity contribution is 7.12. The zero-order valence-electron chi connectivity index (χ0n) is 14.7. The summed E-state index contributed by atoms with van der Waals surface area (Å²) in [5, 5.41) is 6.25. The van der Waals surface area contributed by atoms with Gasteiger partial charge in [0, 0.05) is 33.5 Å². The number of hydrogen-bond acceptors (Lipinski definition) is 5. The number of amides is 1. The Kier molecular flexibility index (Phi) is 5.14. The van der Waals surface area contributed by atoms with Crippen LogP contribution in [0.5, 0.6) is 5.75 Å². The van der Waals surface area contributed by atoms with E-state index in [1.54, 1.807) is 36.5 Å². The van der Waals surface area contributed by atoms with E-state index in [0.29, 0.717) is 33.6 Å². The van der Waals surface area contributed by atoms with Gasteiger partial charge in [-0.3, -0.25) is 9.78 Å². The lowest BCUT2D eigenvalue weighted by Gasteiger charge is -2.09. The van der Waals surface area contributed by atoms with Gasteiger partial charge in [0.1, 0.15) is 12.4 Å². The molecule has 7 heteroatoms. The summed E-state index contributed by atoms with van der Waals surface area (Å²) in [6.07, 6.45) is 1.66. The van der Waals surface area contributed by atoms with E-state index < -0.39 is 0 Å². The van der Waals surface area contributed by atoms with Gasteiger partial charge in [-0.15, -0.1) is 11.3 Å². The van der Waals surface area contributed by atoms with Crippen LogP contribution in [0.1, 0.15) is 15.2 Å². The van der Waals surface area contributed by atoms with Crippen LogP contribution in [0.3, 0.4) is 0 Å². The maximum atomic E-state index is 12.8. The van der Waals surface area contributed by atoms with Crippen molar-refractivity contribution < 1.29 is 9.53 Å². The number of nitrogens with zero attached hydrogens (tertiary/aromatic N) is 1. The summed E-state index contributed by atoms with van der Waals surface area (Å²) < 4.78 is 5.76. The number of nitrogens with one attached hydrogen (secondary N) is 1. The minimum atomic E-state index is -0.188. The molecule has 0 aliphatic heterocycles. The molecule has 2 aromatic carbocycles. The standard InChI is InChI=1S/C21H16ClN3O2S/c22-14-1-4-16(5-2-14)27-12-13-8-10-28-20(13)21(26)25-15-3-6-19-17(11-15)18(23)7-9-24-19/h1-11H,12H2,(H2,23,24)(H,25,26). The van der Waals surface area contributed by atoms with E-state index in [2.05, 4.69) is 10.3 Å². The molecule has 4 rings (SSSR count). The van der Waals surface area contributed by atoms with Crippen LogP contribution in [0.25, 0.3) is 10.9 Å². The van der Waals surface area contributed by atoms with Crippen LogP contribution in [0.2, 0.25) is 5.02 Å². The van der Waals surface area contributed by atoms with Gasteiger partial charge in [-0.25, -0.2) is 0 Å². The second kappa shape index (κ2) is 7.88. The number of benzene rings is 2. The molecule has 140 valence electrons. The Bertz CT molecular complexity index is 1140. The molecule has 0 spiro atoms. The molecule has 0 atom stereocenters. The first kappa shape index (κ1) is 18.3. The predicted octanol–water partition coefficient (Wildman–Crippen LogP) is 5.36. The summed E-state index contributed by atoms with van der Waals surface area (Å²) in [5.41, 5.74) is 8.89. The number of fused-ring (bicyclic) bond motifs is 1. The minimum absolute atomic E-state index is 0.188. The van der Waals surface area contributed by atoms with Gasteiger partial charge in [0.25, 0.3) is 5.91 Å². The van der Waals surface area contributed by atoms with E-state index in [1.165, 1.54) is 11.3 Å². The van der Waals surface area contributed by atoms with E-state index in [4.69, 9.17) is 22.1 Å². The predicted molar refractivity (Wildman–Crippen MR) is 114 cm³/mol. The molecule has 1 amide bonds. The second-order valence-electron chi connectivity index (χ2n) is 6.10. The lowest BCUT2D eigenvalue weighted by molar-refractivity contribution is 0.102. The topological polar surface area (TPSA) is 77.2 Å². The third kappa shape index (κ3) is 3.93. The van der Waals surface area contributed by atoms with E-state index in [1.807, 2.05) is 29.6 Å². The van der Waals surface area contributed by atoms with Crippen molar-refractivity contribution in [3.8, 4) is 5.75 Å². The number of nitrogens with two attached hydrogens (primary N) is 1. The van der Waals surface area contributed by atoms with E-state index in [9.17, 15) is 4.79 Å². The van der Waals surface area contributed by atoms with E-state index in [0.717, 1.165) is 16.5 Å². The highest BCUT2D eigenvalue weighted by Gasteiger charge is 2.14. The van der Waals surface area contributed by atoms with Crippen molar-refractivity contribution >= 4 is 51.1 Å². The number of thiophene rings is 1. The van der Waals surface area contributed by atoms with Gasteiger partial charge in [0.05, 0.1) is 10.4 Å². The molecule has 0 fully saturated rings. The molecular weight excluding hydrogens is 394 g/mol. The van der Waals surface area contributed by atoms with Crippen LogP contribution in [0, 0.1) is 0 Å². The molecule has 0 unspecified atom stereocenters. The van der Waals surface area contributed by atoms with Crippen LogP contribution in [0.15, 0.2) is 66.2 Å². The van der Waals surface area contributed by atoms with E-state index in [-0.39, 0.29) is 5.91 Å². The molecular formula is C21H16ClN3O2S. The fourth-order valence-corrected chi connectivity index (χ4v) is 3.70. The Morgan fingerprint density at radius 2 is 1.96 bits per heavy atom. The Morgan fingerprint density at radius 3 is 2.79 bits per heavy atom. The van der Waals surface area contributed by atoms with Crippen molar-refractivity contribution in [1.29, 1.82) is 0 Å². The van der Waals surface area contributed by atoms with Gasteiger partial charge in [0.15, 0.2) is 0 Å². The summed E-state index contributed by atoms with van der Waals surface area (Å²) in [7, 11) is 0. The monoisotopic (exact) mass is 409 g/mol. The van der Waals surface area contributed by atoms with Gasteiger partial charge in [-0.2, -0.15) is 0 Å². The molecule has 0 saturated heterocycles. The highest BCUT2D eigenvalue weighted by atomic mass is 35.5. The summed E-state index contributed by atoms with van der Waals surface area (Å²) in [6.45, 7) is 0.294. The van der Waals surface area contributed by atoms with Crippen molar-refractivity contribution in [3.05, 3.63) is 81.6 Å². The molecule has 2 aromatic heterocycles. The summed E-state index contributed by atoms with van der Waals surface area (Å²) in [6, 6.07) is 16.2. The van der Waals surface area contributed by atoms with Gasteiger partial charge < -0.3 is 15.8 Å². The Labute approximate surface area is 170 Å². The highest BCUT2D eigenvalue weighted by Crippen LogP contribution is 2.25. The van der Waals surface area contributed by atoms with Crippen LogP contribution < -0.4 is 15.8 Å². The quantitative estimate of drug-likeness (QED) is 0.465. The average molecular weight is 410 g/mol. The van der Waals surface area contributed by atoms with Crippen LogP contribution >= 0.6 is 22.9 Å². The molecule has 2 heterocycles. The van der Waals surface area contributed by atoms with Crippen LogP contribution in [-0.2, 0) is 6.61 Å². The van der Waals surface area contributed by atoms with E-state index >= 15 is 0 Å². The zero-order chi connectivity index (χ0) is 19.5. The number of hydrogen-bond donors (Lipinski definition) is 2. The van der Waals surface area contributed by atoms with Gasteiger partial charge in [0.2, 0.25) is 0 Å². The van der Waals surface area contributed by atoms with Crippen molar-refractivity contribution in [1.82, 2.24) is 4.98 Å². The number of nitrogen functional groups attached to an aromatic ring is 1. The number of aromatic nitrogens is 1. The Hall–Kier alpha value is -3.09. The number of halogens is 1. The zero-order valence-corrected chi connectivity index (χ0v) is 16.3. The smallest absolute Gasteiger partial charge is 0.266 e. The normalized spacial score (nSPS) is 10.8. The van der Waals surface area contributed by atoms with Crippen molar-refractivity contribution in [2.24, 2.45) is 0 Å². The third-order valence-electron chi connectivity index (χ3n) is 4.19. The maximum Gasteiger partial charge on any atom is 0.266 e. The molecule has 3 N–H and O–H groups in total. The SMILES string of the molecule is Nc1ccnc2ccc(NC(=O)c3sccc3COc3ccc(Cl)cc3)cc12. The molecule has 4 aromatic rings. The summed E-state index contributed by atoms with van der Waals surface area (Å²) in [4.78, 5) is 17.6. The molecule has 0 saturated carbocycles. The van der Waals surface area contributed by atoms with Gasteiger partial charge in [-0.05, 0) is 60.0 Å². The first-order valence-electron chi connectivity index (χ1n) is 8.50. The lowest BCUT2D eigenvalue weighted by atomic mass is 10.1. The van der Waals surface area contributed by atoms with Crippen LogP contribution in [0.4, 0.5) is 11.4 Å². The van der Waals surface area contributed by atoms with Crippen molar-refractivity contribution in [3.63, 3.8) is 0 Å². The molecule has 0 aliphatic rings. The number of pyridine rings is 1. The Balaban J connectivity index is 1.49. The lowest BCUT2D eigenvalue weighted by Crippen LogP contribution is -2.13. The van der Waals surface area contributed by atoms with Gasteiger partial charge >= 0.3 is 0 Å². The van der Waals surface area contributed by atoms with Crippen LogP contribution in [-0.4, -0.2) is 10.9 Å². The minimum Gasteiger partial charge on any atom is -0.489 e. The molecule has 0 bridgehead atoms. The number of ether oxygens (including phenoxy) is 1. The molecule has 28 heavy (non-hydrogen) atoms. The first-order chi connectivity index (χ1) is 13.6. The summed E-state index contributed by atoms with van der Waals surface area (Å²) in [5.74, 6) is 0.506. The summed E-state index contributed by atoms with van der Waals surface area (Å²) >= 11 is 7.25. The number of anilines is 2. The molecule has 5 nitrogen and oxygen atoms in total. The maximum absolute atomic E-state index is 12.8. The first-order valence-corrected chi connectivity index (χ1v) is 9.76. The van der Waals surface area contributed by atoms with Crippen molar-refractivity contribution in [2.75, 3.05) is 11.1 Å². The third-order valence-corrected chi connectivity index (χ3v) is 5.40. The fourth-order valence-electron chi connectivity index (χ4n) is 2.77. The molecule has 0 radical (unpaired) electrons. The second-order valence-corrected chi connectivity index (χ2v) is 7.46. The Morgan fingerprint density at radius 1 is 1.14 bits per heavy atom. The fraction of sp³-hybridized carbons (Fsp3) is 0.0476. The average Bonchev–Trinajstić information content (AvgIpc) is 3.17. The van der Waals surface area contributed by atoms with Gasteiger partial charge in [-0.1, -0.05) is 11.6 Å². The van der Waals surface area contributed by atoms with Crippen molar-refractivity contribution in [2.45, 2.75) is 6.61 Å². The molecule has 0 aliphatic carbocycles. The number of carbonyl (C=O) groups is 1.